The fraction of sp³-hybridized carbons (Fsp3) is 0.632. The Hall–Kier alpha value is -1.55. The lowest BCUT2D eigenvalue weighted by Crippen LogP contribution is -2.53. The highest BCUT2D eigenvalue weighted by molar-refractivity contribution is 5.80. The third kappa shape index (κ3) is 4.25. The molecule has 0 amide bonds. The molecule has 0 spiro atoms. The quantitative estimate of drug-likeness (QED) is 0.685. The van der Waals surface area contributed by atoms with Crippen LogP contribution in [0.4, 0.5) is 0 Å². The summed E-state index contributed by atoms with van der Waals surface area (Å²) in [6.07, 6.45) is 3.70. The number of hydrogen-bond acceptors (Lipinski definition) is 2. The first-order valence-electron chi connectivity index (χ1n) is 8.76. The van der Waals surface area contributed by atoms with Crippen molar-refractivity contribution in [2.75, 3.05) is 39.9 Å². The molecule has 1 aromatic rings. The van der Waals surface area contributed by atoms with E-state index >= 15 is 0 Å². The maximum atomic E-state index is 5.33. The van der Waals surface area contributed by atoms with Crippen LogP contribution in [0.3, 0.4) is 0 Å². The van der Waals surface area contributed by atoms with Gasteiger partial charge in [0.1, 0.15) is 0 Å². The second-order valence-electron chi connectivity index (χ2n) is 7.32. The van der Waals surface area contributed by atoms with E-state index in [4.69, 9.17) is 4.74 Å². The molecular formula is C19H29N3O. The highest BCUT2D eigenvalue weighted by Crippen LogP contribution is 2.26. The largest absolute Gasteiger partial charge is 0.380 e. The molecule has 2 fully saturated rings. The molecule has 0 bridgehead atoms. The zero-order chi connectivity index (χ0) is 16.1. The standard InChI is InChI=1S/C19H29N3O/c1-19(14-23-15-19)13-21-18(20-2)22-10-8-17(9-11-22)12-16-6-4-3-5-7-16/h3-7,17H,8-15H2,1-2H3,(H,20,21). The molecule has 0 aliphatic carbocycles. The molecule has 1 N–H and O–H groups in total. The number of piperidine rings is 1. The molecule has 0 atom stereocenters. The number of aliphatic imine (C=N–C) groups is 1. The maximum Gasteiger partial charge on any atom is 0.193 e. The maximum absolute atomic E-state index is 5.33. The molecule has 4 nitrogen and oxygen atoms in total. The van der Waals surface area contributed by atoms with Crippen LogP contribution in [0, 0.1) is 11.3 Å². The Balaban J connectivity index is 1.45. The van der Waals surface area contributed by atoms with Gasteiger partial charge >= 0.3 is 0 Å². The Kier molecular flexibility index (Phi) is 5.21. The number of hydrogen-bond donors (Lipinski definition) is 1. The molecule has 0 radical (unpaired) electrons. The van der Waals surface area contributed by atoms with E-state index in [0.29, 0.717) is 0 Å². The summed E-state index contributed by atoms with van der Waals surface area (Å²) in [5.74, 6) is 1.85. The number of nitrogens with one attached hydrogen (secondary N) is 1. The van der Waals surface area contributed by atoms with E-state index in [1.807, 2.05) is 7.05 Å². The number of benzene rings is 1. The van der Waals surface area contributed by atoms with Crippen molar-refractivity contribution >= 4 is 5.96 Å². The Bertz CT molecular complexity index is 517. The molecule has 2 aliphatic rings. The van der Waals surface area contributed by atoms with Crippen molar-refractivity contribution in [3.8, 4) is 0 Å². The van der Waals surface area contributed by atoms with Crippen LogP contribution in [0.25, 0.3) is 0 Å². The van der Waals surface area contributed by atoms with Crippen molar-refractivity contribution in [2.24, 2.45) is 16.3 Å². The topological polar surface area (TPSA) is 36.9 Å². The highest BCUT2D eigenvalue weighted by atomic mass is 16.5. The molecule has 1 aromatic carbocycles. The van der Waals surface area contributed by atoms with Crippen LogP contribution in [-0.2, 0) is 11.2 Å². The molecule has 4 heteroatoms. The van der Waals surface area contributed by atoms with Crippen LogP contribution < -0.4 is 5.32 Å². The van der Waals surface area contributed by atoms with Gasteiger partial charge < -0.3 is 15.0 Å². The zero-order valence-electron chi connectivity index (χ0n) is 14.4. The predicted molar refractivity (Wildman–Crippen MR) is 94.7 cm³/mol. The lowest BCUT2D eigenvalue weighted by molar-refractivity contribution is -0.0973. The number of guanidine groups is 1. The summed E-state index contributed by atoms with van der Waals surface area (Å²) < 4.78 is 5.33. The monoisotopic (exact) mass is 315 g/mol. The molecule has 2 saturated heterocycles. The summed E-state index contributed by atoms with van der Waals surface area (Å²) >= 11 is 0. The molecule has 2 heterocycles. The SMILES string of the molecule is CN=C(NCC1(C)COC1)N1CCC(Cc2ccccc2)CC1. The van der Waals surface area contributed by atoms with Crippen LogP contribution in [-0.4, -0.2) is 50.8 Å². The third-order valence-electron chi connectivity index (χ3n) is 5.07. The normalized spacial score (nSPS) is 21.8. The molecule has 0 aromatic heterocycles. The molecule has 3 rings (SSSR count). The lowest BCUT2D eigenvalue weighted by Gasteiger charge is -2.40. The predicted octanol–water partition coefficient (Wildman–Crippen LogP) is 2.55. The van der Waals surface area contributed by atoms with Gasteiger partial charge in [-0.2, -0.15) is 0 Å². The molecule has 0 unspecified atom stereocenters. The van der Waals surface area contributed by atoms with Gasteiger partial charge in [0.2, 0.25) is 0 Å². The lowest BCUT2D eigenvalue weighted by atomic mass is 9.88. The Labute approximate surface area is 139 Å². The minimum absolute atomic E-state index is 0.279. The summed E-state index contributed by atoms with van der Waals surface area (Å²) in [4.78, 5) is 6.88. The van der Waals surface area contributed by atoms with Crippen LogP contribution in [0.5, 0.6) is 0 Å². The van der Waals surface area contributed by atoms with Gasteiger partial charge in [-0.1, -0.05) is 37.3 Å². The summed E-state index contributed by atoms with van der Waals surface area (Å²) in [7, 11) is 1.89. The number of nitrogens with zero attached hydrogens (tertiary/aromatic N) is 2. The van der Waals surface area contributed by atoms with Gasteiger partial charge in [-0.05, 0) is 30.7 Å². The molecule has 2 aliphatic heterocycles. The Morgan fingerprint density at radius 2 is 1.96 bits per heavy atom. The van der Waals surface area contributed by atoms with Crippen LogP contribution in [0.2, 0.25) is 0 Å². The van der Waals surface area contributed by atoms with E-state index in [2.05, 4.69) is 52.5 Å². The summed E-state index contributed by atoms with van der Waals surface area (Å²) in [5, 5.41) is 3.54. The summed E-state index contributed by atoms with van der Waals surface area (Å²) in [6, 6.07) is 10.9. The second-order valence-corrected chi connectivity index (χ2v) is 7.32. The van der Waals surface area contributed by atoms with E-state index in [1.54, 1.807) is 0 Å². The van der Waals surface area contributed by atoms with Crippen LogP contribution in [0.1, 0.15) is 25.3 Å². The summed E-state index contributed by atoms with van der Waals surface area (Å²) in [5.41, 5.74) is 1.74. The number of likely N-dealkylation sites (tertiary alicyclic amines) is 1. The van der Waals surface area contributed by atoms with Gasteiger partial charge in [0, 0.05) is 32.1 Å². The van der Waals surface area contributed by atoms with Crippen molar-refractivity contribution in [3.05, 3.63) is 35.9 Å². The zero-order valence-corrected chi connectivity index (χ0v) is 14.4. The van der Waals surface area contributed by atoms with Gasteiger partial charge in [0.25, 0.3) is 0 Å². The van der Waals surface area contributed by atoms with Crippen LogP contribution in [0.15, 0.2) is 35.3 Å². The average Bonchev–Trinajstić information content (AvgIpc) is 2.56. The van der Waals surface area contributed by atoms with E-state index in [1.165, 1.54) is 24.8 Å². The van der Waals surface area contributed by atoms with Crippen molar-refractivity contribution in [3.63, 3.8) is 0 Å². The Morgan fingerprint density at radius 1 is 1.26 bits per heavy atom. The fourth-order valence-corrected chi connectivity index (χ4v) is 3.47. The third-order valence-corrected chi connectivity index (χ3v) is 5.07. The molecule has 0 saturated carbocycles. The smallest absolute Gasteiger partial charge is 0.193 e. The first kappa shape index (κ1) is 16.3. The first-order chi connectivity index (χ1) is 11.2. The van der Waals surface area contributed by atoms with Gasteiger partial charge in [-0.15, -0.1) is 0 Å². The van der Waals surface area contributed by atoms with Crippen molar-refractivity contribution < 1.29 is 4.74 Å². The number of rotatable bonds is 4. The van der Waals surface area contributed by atoms with Crippen molar-refractivity contribution in [2.45, 2.75) is 26.2 Å². The minimum atomic E-state index is 0.279. The van der Waals surface area contributed by atoms with Crippen molar-refractivity contribution in [1.82, 2.24) is 10.2 Å². The van der Waals surface area contributed by atoms with E-state index in [0.717, 1.165) is 44.7 Å². The van der Waals surface area contributed by atoms with E-state index in [-0.39, 0.29) is 5.41 Å². The Morgan fingerprint density at radius 3 is 2.52 bits per heavy atom. The van der Waals surface area contributed by atoms with E-state index < -0.39 is 0 Å². The molecule has 23 heavy (non-hydrogen) atoms. The highest BCUT2D eigenvalue weighted by Gasteiger charge is 2.34. The van der Waals surface area contributed by atoms with Crippen molar-refractivity contribution in [1.29, 1.82) is 0 Å². The molecular weight excluding hydrogens is 286 g/mol. The minimum Gasteiger partial charge on any atom is -0.380 e. The first-order valence-corrected chi connectivity index (χ1v) is 8.76. The van der Waals surface area contributed by atoms with Crippen LogP contribution >= 0.6 is 0 Å². The summed E-state index contributed by atoms with van der Waals surface area (Å²) in [6.45, 7) is 7.13. The van der Waals surface area contributed by atoms with Gasteiger partial charge in [0.05, 0.1) is 13.2 Å². The fourth-order valence-electron chi connectivity index (χ4n) is 3.47. The van der Waals surface area contributed by atoms with Gasteiger partial charge in [-0.25, -0.2) is 0 Å². The van der Waals surface area contributed by atoms with E-state index in [9.17, 15) is 0 Å². The van der Waals surface area contributed by atoms with Gasteiger partial charge in [0.15, 0.2) is 5.96 Å². The average molecular weight is 315 g/mol. The molecule has 126 valence electrons. The van der Waals surface area contributed by atoms with Gasteiger partial charge in [-0.3, -0.25) is 4.99 Å². The second kappa shape index (κ2) is 7.35. The number of ether oxygens (including phenoxy) is 1.